The Bertz CT molecular complexity index is 464. The van der Waals surface area contributed by atoms with Gasteiger partial charge in [0.05, 0.1) is 13.2 Å². The first kappa shape index (κ1) is 13.7. The quantitative estimate of drug-likeness (QED) is 0.836. The van der Waals surface area contributed by atoms with Crippen LogP contribution < -0.4 is 5.32 Å². The summed E-state index contributed by atoms with van der Waals surface area (Å²) in [5.74, 6) is 0.226. The Balaban J connectivity index is 2.11. The summed E-state index contributed by atoms with van der Waals surface area (Å²) in [7, 11) is 1.32. The summed E-state index contributed by atoms with van der Waals surface area (Å²) in [6.07, 6.45) is 2.10. The lowest BCUT2D eigenvalue weighted by molar-refractivity contribution is 0.0231. The van der Waals surface area contributed by atoms with Crippen LogP contribution in [0.25, 0.3) is 0 Å². The Morgan fingerprint density at radius 3 is 3.00 bits per heavy atom. The van der Waals surface area contributed by atoms with E-state index in [9.17, 15) is 4.79 Å². The van der Waals surface area contributed by atoms with Gasteiger partial charge in [0, 0.05) is 24.4 Å². The third kappa shape index (κ3) is 3.64. The van der Waals surface area contributed by atoms with Gasteiger partial charge in [-0.1, -0.05) is 0 Å². The van der Waals surface area contributed by atoms with E-state index in [-0.39, 0.29) is 11.9 Å². The highest BCUT2D eigenvalue weighted by Crippen LogP contribution is 2.18. The lowest BCUT2D eigenvalue weighted by atomic mass is 10.0. The van der Waals surface area contributed by atoms with Crippen LogP contribution in [-0.4, -0.2) is 41.8 Å². The Kier molecular flexibility index (Phi) is 4.31. The zero-order valence-electron chi connectivity index (χ0n) is 11.5. The van der Waals surface area contributed by atoms with E-state index >= 15 is 0 Å². The van der Waals surface area contributed by atoms with E-state index in [0.717, 1.165) is 25.1 Å². The standard InChI is InChI=1S/C13H19N3O3/c1-8-6-11(16-12(14-8)13(17)18-3)15-10-4-5-19-9(2)7-10/h6,9-10H,4-5,7H2,1-3H3,(H,14,15,16). The number of ether oxygens (including phenoxy) is 2. The van der Waals surface area contributed by atoms with E-state index in [1.165, 1.54) is 7.11 Å². The maximum absolute atomic E-state index is 11.5. The van der Waals surface area contributed by atoms with Crippen LogP contribution in [0.1, 0.15) is 36.1 Å². The van der Waals surface area contributed by atoms with Gasteiger partial charge in [-0.2, -0.15) is 0 Å². The van der Waals surface area contributed by atoms with Crippen LogP contribution in [0.5, 0.6) is 0 Å². The summed E-state index contributed by atoms with van der Waals surface area (Å²) in [4.78, 5) is 19.7. The van der Waals surface area contributed by atoms with Crippen LogP contribution in [0, 0.1) is 6.92 Å². The Morgan fingerprint density at radius 1 is 1.53 bits per heavy atom. The molecule has 0 amide bonds. The molecule has 0 saturated carbocycles. The topological polar surface area (TPSA) is 73.3 Å². The number of esters is 1. The summed E-state index contributed by atoms with van der Waals surface area (Å²) in [6.45, 7) is 4.62. The molecule has 19 heavy (non-hydrogen) atoms. The van der Waals surface area contributed by atoms with Crippen molar-refractivity contribution in [2.75, 3.05) is 19.0 Å². The molecular weight excluding hydrogens is 246 g/mol. The molecule has 2 rings (SSSR count). The van der Waals surface area contributed by atoms with E-state index in [2.05, 4.69) is 26.9 Å². The molecule has 0 aromatic carbocycles. The molecule has 2 heterocycles. The minimum Gasteiger partial charge on any atom is -0.463 e. The average molecular weight is 265 g/mol. The van der Waals surface area contributed by atoms with Gasteiger partial charge in [0.15, 0.2) is 0 Å². The molecule has 6 heteroatoms. The maximum atomic E-state index is 11.5. The second-order valence-electron chi connectivity index (χ2n) is 4.76. The highest BCUT2D eigenvalue weighted by atomic mass is 16.5. The molecule has 2 atom stereocenters. The summed E-state index contributed by atoms with van der Waals surface area (Å²) in [5.41, 5.74) is 0.734. The van der Waals surface area contributed by atoms with Crippen LogP contribution in [0.4, 0.5) is 5.82 Å². The number of hydrogen-bond acceptors (Lipinski definition) is 6. The Morgan fingerprint density at radius 2 is 2.32 bits per heavy atom. The van der Waals surface area contributed by atoms with Crippen molar-refractivity contribution in [1.29, 1.82) is 0 Å². The predicted molar refractivity (Wildman–Crippen MR) is 70.2 cm³/mol. The minimum atomic E-state index is -0.521. The third-order valence-corrected chi connectivity index (χ3v) is 3.06. The highest BCUT2D eigenvalue weighted by Gasteiger charge is 2.20. The lowest BCUT2D eigenvalue weighted by Crippen LogP contribution is -2.33. The van der Waals surface area contributed by atoms with Gasteiger partial charge in [0.25, 0.3) is 0 Å². The monoisotopic (exact) mass is 265 g/mol. The van der Waals surface area contributed by atoms with Gasteiger partial charge in [-0.3, -0.25) is 0 Å². The van der Waals surface area contributed by atoms with Crippen LogP contribution in [0.15, 0.2) is 6.07 Å². The zero-order valence-corrected chi connectivity index (χ0v) is 11.5. The number of nitrogens with zero attached hydrogens (tertiary/aromatic N) is 2. The van der Waals surface area contributed by atoms with Crippen molar-refractivity contribution >= 4 is 11.8 Å². The number of carbonyl (C=O) groups excluding carboxylic acids is 1. The van der Waals surface area contributed by atoms with Crippen molar-refractivity contribution in [2.45, 2.75) is 38.8 Å². The third-order valence-electron chi connectivity index (χ3n) is 3.06. The number of aromatic nitrogens is 2. The SMILES string of the molecule is COC(=O)c1nc(C)cc(NC2CCOC(C)C2)n1. The molecule has 2 unspecified atom stereocenters. The summed E-state index contributed by atoms with van der Waals surface area (Å²) < 4.78 is 10.1. The summed E-state index contributed by atoms with van der Waals surface area (Å²) in [6, 6.07) is 2.13. The Hall–Kier alpha value is -1.69. The van der Waals surface area contributed by atoms with Gasteiger partial charge in [0.1, 0.15) is 5.82 Å². The number of carbonyl (C=O) groups is 1. The zero-order chi connectivity index (χ0) is 13.8. The number of methoxy groups -OCH3 is 1. The molecule has 1 fully saturated rings. The fraction of sp³-hybridized carbons (Fsp3) is 0.615. The van der Waals surface area contributed by atoms with E-state index in [1.54, 1.807) is 0 Å². The van der Waals surface area contributed by atoms with Gasteiger partial charge < -0.3 is 14.8 Å². The van der Waals surface area contributed by atoms with Crippen molar-refractivity contribution < 1.29 is 14.3 Å². The van der Waals surface area contributed by atoms with Crippen molar-refractivity contribution in [2.24, 2.45) is 0 Å². The second kappa shape index (κ2) is 5.97. The predicted octanol–water partition coefficient (Wildman–Crippen LogP) is 1.55. The first-order valence-electron chi connectivity index (χ1n) is 6.40. The number of hydrogen-bond donors (Lipinski definition) is 1. The molecule has 1 aliphatic heterocycles. The molecule has 1 aromatic heterocycles. The highest BCUT2D eigenvalue weighted by molar-refractivity contribution is 5.85. The van der Waals surface area contributed by atoms with Gasteiger partial charge in [-0.05, 0) is 26.7 Å². The molecular formula is C13H19N3O3. The largest absolute Gasteiger partial charge is 0.463 e. The maximum Gasteiger partial charge on any atom is 0.376 e. The van der Waals surface area contributed by atoms with Gasteiger partial charge in [-0.25, -0.2) is 14.8 Å². The van der Waals surface area contributed by atoms with Gasteiger partial charge >= 0.3 is 5.97 Å². The number of rotatable bonds is 3. The number of nitrogens with one attached hydrogen (secondary N) is 1. The van der Waals surface area contributed by atoms with E-state index in [0.29, 0.717) is 11.9 Å². The van der Waals surface area contributed by atoms with Gasteiger partial charge in [0.2, 0.25) is 5.82 Å². The van der Waals surface area contributed by atoms with E-state index < -0.39 is 5.97 Å². The summed E-state index contributed by atoms with van der Waals surface area (Å²) >= 11 is 0. The van der Waals surface area contributed by atoms with E-state index in [4.69, 9.17) is 4.74 Å². The van der Waals surface area contributed by atoms with Crippen LogP contribution in [0.2, 0.25) is 0 Å². The van der Waals surface area contributed by atoms with Crippen molar-refractivity contribution in [3.8, 4) is 0 Å². The lowest BCUT2D eigenvalue weighted by Gasteiger charge is -2.28. The second-order valence-corrected chi connectivity index (χ2v) is 4.76. The summed E-state index contributed by atoms with van der Waals surface area (Å²) in [5, 5.41) is 3.33. The number of anilines is 1. The molecule has 104 valence electrons. The minimum absolute atomic E-state index is 0.0881. The Labute approximate surface area is 112 Å². The van der Waals surface area contributed by atoms with Crippen molar-refractivity contribution in [3.05, 3.63) is 17.6 Å². The van der Waals surface area contributed by atoms with Crippen LogP contribution in [0.3, 0.4) is 0 Å². The first-order valence-corrected chi connectivity index (χ1v) is 6.40. The number of aryl methyl sites for hydroxylation is 1. The van der Waals surface area contributed by atoms with E-state index in [1.807, 2.05) is 13.0 Å². The average Bonchev–Trinajstić information content (AvgIpc) is 2.37. The van der Waals surface area contributed by atoms with Crippen LogP contribution in [-0.2, 0) is 9.47 Å². The molecule has 1 saturated heterocycles. The molecule has 1 N–H and O–H groups in total. The first-order chi connectivity index (χ1) is 9.08. The molecule has 1 aliphatic rings. The molecule has 0 aliphatic carbocycles. The smallest absolute Gasteiger partial charge is 0.376 e. The van der Waals surface area contributed by atoms with Crippen molar-refractivity contribution in [3.63, 3.8) is 0 Å². The molecule has 0 spiro atoms. The van der Waals surface area contributed by atoms with Gasteiger partial charge in [-0.15, -0.1) is 0 Å². The molecule has 1 aromatic rings. The fourth-order valence-corrected chi connectivity index (χ4v) is 2.16. The van der Waals surface area contributed by atoms with Crippen molar-refractivity contribution in [1.82, 2.24) is 9.97 Å². The molecule has 6 nitrogen and oxygen atoms in total. The van der Waals surface area contributed by atoms with Crippen LogP contribution >= 0.6 is 0 Å². The fourth-order valence-electron chi connectivity index (χ4n) is 2.16. The molecule has 0 bridgehead atoms. The normalized spacial score (nSPS) is 22.9. The molecule has 0 radical (unpaired) electrons.